The first-order chi connectivity index (χ1) is 8.49. The standard InChI is InChI=1S/C12H9ClN2O3/c1-6(16)14-9-5-10(12(17)18)15-11-7(9)3-2-4-8(11)13/h2-5H,1H3,(H,17,18)(H,14,15,16). The van der Waals surface area contributed by atoms with Crippen molar-refractivity contribution in [1.29, 1.82) is 0 Å². The van der Waals surface area contributed by atoms with Crippen LogP contribution < -0.4 is 5.32 Å². The molecule has 0 atom stereocenters. The number of hydrogen-bond acceptors (Lipinski definition) is 3. The number of aromatic carboxylic acids is 1. The number of hydrogen-bond donors (Lipinski definition) is 2. The van der Waals surface area contributed by atoms with Gasteiger partial charge >= 0.3 is 5.97 Å². The SMILES string of the molecule is CC(=O)Nc1cc(C(=O)O)nc2c(Cl)cccc12. The highest BCUT2D eigenvalue weighted by Gasteiger charge is 2.13. The van der Waals surface area contributed by atoms with Gasteiger partial charge in [-0.25, -0.2) is 9.78 Å². The Morgan fingerprint density at radius 3 is 2.72 bits per heavy atom. The van der Waals surface area contributed by atoms with Crippen LogP contribution in [0, 0.1) is 0 Å². The molecular formula is C12H9ClN2O3. The molecule has 6 heteroatoms. The van der Waals surface area contributed by atoms with Crippen LogP contribution >= 0.6 is 11.6 Å². The monoisotopic (exact) mass is 264 g/mol. The van der Waals surface area contributed by atoms with E-state index in [9.17, 15) is 9.59 Å². The molecule has 0 aliphatic rings. The third kappa shape index (κ3) is 2.26. The van der Waals surface area contributed by atoms with Crippen molar-refractivity contribution in [3.8, 4) is 0 Å². The lowest BCUT2D eigenvalue weighted by atomic mass is 10.1. The van der Waals surface area contributed by atoms with Crippen molar-refractivity contribution in [3.05, 3.63) is 35.0 Å². The van der Waals surface area contributed by atoms with Crippen LogP contribution in [0.3, 0.4) is 0 Å². The second-order valence-electron chi connectivity index (χ2n) is 3.68. The van der Waals surface area contributed by atoms with Crippen molar-refractivity contribution in [2.24, 2.45) is 0 Å². The number of carboxylic acids is 1. The van der Waals surface area contributed by atoms with Gasteiger partial charge in [-0.05, 0) is 12.1 Å². The van der Waals surface area contributed by atoms with Gasteiger partial charge in [0.25, 0.3) is 0 Å². The first-order valence-corrected chi connectivity index (χ1v) is 5.47. The zero-order valence-electron chi connectivity index (χ0n) is 9.40. The number of benzene rings is 1. The summed E-state index contributed by atoms with van der Waals surface area (Å²) in [6.45, 7) is 1.34. The van der Waals surface area contributed by atoms with Crippen LogP contribution in [-0.2, 0) is 4.79 Å². The summed E-state index contributed by atoms with van der Waals surface area (Å²) < 4.78 is 0. The van der Waals surface area contributed by atoms with E-state index in [0.717, 1.165) is 0 Å². The average Bonchev–Trinajstić information content (AvgIpc) is 2.29. The predicted octanol–water partition coefficient (Wildman–Crippen LogP) is 2.54. The molecule has 2 aromatic rings. The Bertz CT molecular complexity index is 655. The van der Waals surface area contributed by atoms with Gasteiger partial charge in [-0.1, -0.05) is 23.7 Å². The highest BCUT2D eigenvalue weighted by atomic mass is 35.5. The summed E-state index contributed by atoms with van der Waals surface area (Å²) >= 11 is 5.97. The Kier molecular flexibility index (Phi) is 3.16. The Hall–Kier alpha value is -2.14. The first-order valence-electron chi connectivity index (χ1n) is 5.09. The summed E-state index contributed by atoms with van der Waals surface area (Å²) in [6.07, 6.45) is 0. The van der Waals surface area contributed by atoms with E-state index in [1.165, 1.54) is 13.0 Å². The van der Waals surface area contributed by atoms with E-state index in [0.29, 0.717) is 21.6 Å². The minimum Gasteiger partial charge on any atom is -0.477 e. The average molecular weight is 265 g/mol. The smallest absolute Gasteiger partial charge is 0.354 e. The zero-order valence-corrected chi connectivity index (χ0v) is 10.2. The van der Waals surface area contributed by atoms with E-state index in [-0.39, 0.29) is 11.6 Å². The topological polar surface area (TPSA) is 79.3 Å². The summed E-state index contributed by atoms with van der Waals surface area (Å²) in [5, 5.41) is 12.5. The van der Waals surface area contributed by atoms with Crippen molar-refractivity contribution < 1.29 is 14.7 Å². The molecule has 0 bridgehead atoms. The summed E-state index contributed by atoms with van der Waals surface area (Å²) in [7, 11) is 0. The van der Waals surface area contributed by atoms with Gasteiger partial charge < -0.3 is 10.4 Å². The van der Waals surface area contributed by atoms with Crippen LogP contribution in [0.5, 0.6) is 0 Å². The fourth-order valence-corrected chi connectivity index (χ4v) is 1.83. The molecule has 0 unspecified atom stereocenters. The van der Waals surface area contributed by atoms with Crippen LogP contribution in [-0.4, -0.2) is 22.0 Å². The van der Waals surface area contributed by atoms with Crippen LogP contribution in [0.2, 0.25) is 5.02 Å². The van der Waals surface area contributed by atoms with Gasteiger partial charge in [-0.2, -0.15) is 0 Å². The number of fused-ring (bicyclic) bond motifs is 1. The predicted molar refractivity (Wildman–Crippen MR) is 68.0 cm³/mol. The fourth-order valence-electron chi connectivity index (χ4n) is 1.62. The number of carbonyl (C=O) groups is 2. The van der Waals surface area contributed by atoms with E-state index in [1.54, 1.807) is 18.2 Å². The van der Waals surface area contributed by atoms with Crippen molar-refractivity contribution in [2.75, 3.05) is 5.32 Å². The maximum Gasteiger partial charge on any atom is 0.354 e. The van der Waals surface area contributed by atoms with Gasteiger partial charge in [0, 0.05) is 12.3 Å². The molecule has 0 saturated heterocycles. The number of nitrogens with one attached hydrogen (secondary N) is 1. The van der Waals surface area contributed by atoms with Crippen LogP contribution in [0.4, 0.5) is 5.69 Å². The second kappa shape index (κ2) is 4.62. The number of para-hydroxylation sites is 1. The molecular weight excluding hydrogens is 256 g/mol. The quantitative estimate of drug-likeness (QED) is 0.874. The maximum absolute atomic E-state index is 11.1. The van der Waals surface area contributed by atoms with Gasteiger partial charge in [0.2, 0.25) is 5.91 Å². The maximum atomic E-state index is 11.1. The molecule has 0 aliphatic heterocycles. The van der Waals surface area contributed by atoms with E-state index < -0.39 is 5.97 Å². The Labute approximate surface area is 107 Å². The largest absolute Gasteiger partial charge is 0.477 e. The number of anilines is 1. The minimum absolute atomic E-state index is 0.167. The summed E-state index contributed by atoms with van der Waals surface area (Å²) in [4.78, 5) is 26.0. The number of amides is 1. The highest BCUT2D eigenvalue weighted by molar-refractivity contribution is 6.35. The number of halogens is 1. The molecule has 0 spiro atoms. The fraction of sp³-hybridized carbons (Fsp3) is 0.0833. The van der Waals surface area contributed by atoms with E-state index in [4.69, 9.17) is 16.7 Å². The van der Waals surface area contributed by atoms with Crippen LogP contribution in [0.25, 0.3) is 10.9 Å². The molecule has 0 aliphatic carbocycles. The minimum atomic E-state index is -1.18. The number of pyridine rings is 1. The molecule has 0 radical (unpaired) electrons. The van der Waals surface area contributed by atoms with E-state index in [1.807, 2.05) is 0 Å². The number of carboxylic acid groups (broad SMARTS) is 1. The lowest BCUT2D eigenvalue weighted by Crippen LogP contribution is -2.09. The molecule has 0 fully saturated rings. The summed E-state index contributed by atoms with van der Waals surface area (Å²) in [5.74, 6) is -1.47. The van der Waals surface area contributed by atoms with Crippen molar-refractivity contribution in [3.63, 3.8) is 0 Å². The number of rotatable bonds is 2. The van der Waals surface area contributed by atoms with Gasteiger partial charge in [-0.3, -0.25) is 4.79 Å². The lowest BCUT2D eigenvalue weighted by molar-refractivity contribution is -0.114. The van der Waals surface area contributed by atoms with Crippen molar-refractivity contribution in [1.82, 2.24) is 4.98 Å². The number of aromatic nitrogens is 1. The van der Waals surface area contributed by atoms with Crippen molar-refractivity contribution in [2.45, 2.75) is 6.92 Å². The van der Waals surface area contributed by atoms with Gasteiger partial charge in [0.1, 0.15) is 0 Å². The van der Waals surface area contributed by atoms with E-state index >= 15 is 0 Å². The molecule has 0 saturated carbocycles. The Morgan fingerprint density at radius 1 is 1.39 bits per heavy atom. The Morgan fingerprint density at radius 2 is 2.11 bits per heavy atom. The third-order valence-corrected chi connectivity index (χ3v) is 2.63. The van der Waals surface area contributed by atoms with Gasteiger partial charge in [0.05, 0.1) is 16.2 Å². The van der Waals surface area contributed by atoms with E-state index in [2.05, 4.69) is 10.3 Å². The van der Waals surface area contributed by atoms with Gasteiger partial charge in [0.15, 0.2) is 5.69 Å². The molecule has 2 N–H and O–H groups in total. The summed E-state index contributed by atoms with van der Waals surface area (Å²) in [5.41, 5.74) is 0.564. The molecule has 1 amide bonds. The molecule has 5 nitrogen and oxygen atoms in total. The molecule has 92 valence electrons. The molecule has 18 heavy (non-hydrogen) atoms. The molecule has 2 rings (SSSR count). The molecule has 1 heterocycles. The highest BCUT2D eigenvalue weighted by Crippen LogP contribution is 2.28. The number of nitrogens with zero attached hydrogens (tertiary/aromatic N) is 1. The zero-order chi connectivity index (χ0) is 13.3. The second-order valence-corrected chi connectivity index (χ2v) is 4.08. The van der Waals surface area contributed by atoms with Crippen LogP contribution in [0.15, 0.2) is 24.3 Å². The third-order valence-electron chi connectivity index (χ3n) is 2.32. The molecule has 1 aromatic heterocycles. The first kappa shape index (κ1) is 12.3. The normalized spacial score (nSPS) is 10.3. The summed E-state index contributed by atoms with van der Waals surface area (Å²) in [6, 6.07) is 6.34. The number of carbonyl (C=O) groups excluding carboxylic acids is 1. The van der Waals surface area contributed by atoms with Gasteiger partial charge in [-0.15, -0.1) is 0 Å². The van der Waals surface area contributed by atoms with Crippen molar-refractivity contribution >= 4 is 40.1 Å². The lowest BCUT2D eigenvalue weighted by Gasteiger charge is -2.09. The Balaban J connectivity index is 2.76. The van der Waals surface area contributed by atoms with Crippen LogP contribution in [0.1, 0.15) is 17.4 Å². The molecule has 1 aromatic carbocycles.